The smallest absolute Gasteiger partial charge is 0.243 e. The normalized spacial score (nSPS) is 15.2. The van der Waals surface area contributed by atoms with Crippen molar-refractivity contribution in [3.8, 4) is 5.75 Å². The van der Waals surface area contributed by atoms with Gasteiger partial charge in [0, 0.05) is 19.7 Å². The van der Waals surface area contributed by atoms with Gasteiger partial charge < -0.3 is 14.0 Å². The molecular weight excluding hydrogens is 332 g/mol. The zero-order valence-electron chi connectivity index (χ0n) is 13.5. The highest BCUT2D eigenvalue weighted by molar-refractivity contribution is 7.89. The van der Waals surface area contributed by atoms with Crippen molar-refractivity contribution in [2.45, 2.75) is 24.9 Å². The third-order valence-electron chi connectivity index (χ3n) is 3.77. The number of hydrogen-bond acceptors (Lipinski definition) is 6. The summed E-state index contributed by atoms with van der Waals surface area (Å²) in [5.74, 6) is 1.27. The van der Waals surface area contributed by atoms with Crippen LogP contribution in [0.15, 0.2) is 35.5 Å². The number of nitrogens with zero attached hydrogens (tertiary/aromatic N) is 4. The minimum Gasteiger partial charge on any atom is -0.491 e. The molecule has 2 aromatic rings. The Labute approximate surface area is 141 Å². The molecule has 0 amide bonds. The van der Waals surface area contributed by atoms with Crippen LogP contribution in [0.2, 0.25) is 0 Å². The molecule has 2 heterocycles. The predicted molar refractivity (Wildman–Crippen MR) is 86.0 cm³/mol. The lowest BCUT2D eigenvalue weighted by molar-refractivity contribution is 0.110. The quantitative estimate of drug-likeness (QED) is 0.688. The maximum Gasteiger partial charge on any atom is 0.243 e. The van der Waals surface area contributed by atoms with Crippen LogP contribution in [0.1, 0.15) is 12.7 Å². The highest BCUT2D eigenvalue weighted by Gasteiger charge is 2.29. The topological polar surface area (TPSA) is 86.5 Å². The molecular formula is C15H20N4O4S. The number of ether oxygens (including phenoxy) is 2. The van der Waals surface area contributed by atoms with E-state index in [1.807, 2.05) is 11.5 Å². The zero-order valence-corrected chi connectivity index (χ0v) is 14.3. The SMILES string of the molecule is CCOCCOc1ccc(S(=O)(=O)N2CCn3cnnc3C2)cc1. The molecule has 0 fully saturated rings. The minimum atomic E-state index is -3.56. The summed E-state index contributed by atoms with van der Waals surface area (Å²) in [4.78, 5) is 0.243. The second-order valence-electron chi connectivity index (χ2n) is 5.30. The Bertz CT molecular complexity index is 773. The fraction of sp³-hybridized carbons (Fsp3) is 0.467. The molecule has 0 atom stereocenters. The third-order valence-corrected chi connectivity index (χ3v) is 5.63. The molecule has 0 unspecified atom stereocenters. The zero-order chi connectivity index (χ0) is 17.0. The van der Waals surface area contributed by atoms with Crippen molar-refractivity contribution in [1.29, 1.82) is 0 Å². The van der Waals surface area contributed by atoms with E-state index < -0.39 is 10.0 Å². The number of hydrogen-bond donors (Lipinski definition) is 0. The maximum absolute atomic E-state index is 12.7. The number of aromatic nitrogens is 3. The number of benzene rings is 1. The summed E-state index contributed by atoms with van der Waals surface area (Å²) in [6.45, 7) is 4.69. The Morgan fingerprint density at radius 2 is 1.96 bits per heavy atom. The Balaban J connectivity index is 1.67. The van der Waals surface area contributed by atoms with E-state index in [9.17, 15) is 8.42 Å². The van der Waals surface area contributed by atoms with Gasteiger partial charge in [0.15, 0.2) is 0 Å². The largest absolute Gasteiger partial charge is 0.491 e. The maximum atomic E-state index is 12.7. The summed E-state index contributed by atoms with van der Waals surface area (Å²) >= 11 is 0. The van der Waals surface area contributed by atoms with Crippen LogP contribution in [0.4, 0.5) is 0 Å². The van der Waals surface area contributed by atoms with Crippen LogP contribution in [-0.2, 0) is 27.8 Å². The molecule has 0 bridgehead atoms. The van der Waals surface area contributed by atoms with Gasteiger partial charge in [0.25, 0.3) is 0 Å². The molecule has 1 aromatic carbocycles. The third kappa shape index (κ3) is 3.58. The van der Waals surface area contributed by atoms with Crippen LogP contribution >= 0.6 is 0 Å². The molecule has 1 aromatic heterocycles. The summed E-state index contributed by atoms with van der Waals surface area (Å²) in [5.41, 5.74) is 0. The Morgan fingerprint density at radius 3 is 2.71 bits per heavy atom. The molecule has 1 aliphatic heterocycles. The van der Waals surface area contributed by atoms with E-state index in [0.29, 0.717) is 44.5 Å². The fourth-order valence-electron chi connectivity index (χ4n) is 2.47. The number of fused-ring (bicyclic) bond motifs is 1. The Morgan fingerprint density at radius 1 is 1.17 bits per heavy atom. The van der Waals surface area contributed by atoms with Crippen molar-refractivity contribution < 1.29 is 17.9 Å². The van der Waals surface area contributed by atoms with Gasteiger partial charge in [-0.2, -0.15) is 4.31 Å². The molecule has 1 aliphatic rings. The van der Waals surface area contributed by atoms with Gasteiger partial charge in [-0.25, -0.2) is 8.42 Å². The van der Waals surface area contributed by atoms with Gasteiger partial charge in [-0.05, 0) is 31.2 Å². The molecule has 0 aliphatic carbocycles. The summed E-state index contributed by atoms with van der Waals surface area (Å²) in [6, 6.07) is 6.44. The van der Waals surface area contributed by atoms with E-state index in [-0.39, 0.29) is 11.4 Å². The van der Waals surface area contributed by atoms with Gasteiger partial charge in [0.05, 0.1) is 18.0 Å². The Kier molecular flexibility index (Phi) is 5.12. The van der Waals surface area contributed by atoms with Crippen LogP contribution < -0.4 is 4.74 Å². The van der Waals surface area contributed by atoms with Gasteiger partial charge >= 0.3 is 0 Å². The molecule has 8 nitrogen and oxygen atoms in total. The Hall–Kier alpha value is -1.97. The highest BCUT2D eigenvalue weighted by Crippen LogP contribution is 2.22. The van der Waals surface area contributed by atoms with Crippen molar-refractivity contribution >= 4 is 10.0 Å². The van der Waals surface area contributed by atoms with Gasteiger partial charge in [-0.3, -0.25) is 0 Å². The van der Waals surface area contributed by atoms with E-state index in [4.69, 9.17) is 9.47 Å². The summed E-state index contributed by atoms with van der Waals surface area (Å²) < 4.78 is 39.5. The molecule has 0 spiro atoms. The van der Waals surface area contributed by atoms with Gasteiger partial charge in [0.2, 0.25) is 10.0 Å². The van der Waals surface area contributed by atoms with Crippen LogP contribution in [0.5, 0.6) is 5.75 Å². The van der Waals surface area contributed by atoms with Crippen LogP contribution in [0.25, 0.3) is 0 Å². The molecule has 0 saturated carbocycles. The monoisotopic (exact) mass is 352 g/mol. The summed E-state index contributed by atoms with van der Waals surface area (Å²) in [6.07, 6.45) is 1.62. The minimum absolute atomic E-state index is 0.231. The number of rotatable bonds is 7. The lowest BCUT2D eigenvalue weighted by atomic mass is 10.3. The fourth-order valence-corrected chi connectivity index (χ4v) is 3.85. The second kappa shape index (κ2) is 7.29. The first kappa shape index (κ1) is 16.9. The van der Waals surface area contributed by atoms with Crippen molar-refractivity contribution in [3.63, 3.8) is 0 Å². The van der Waals surface area contributed by atoms with Crippen molar-refractivity contribution in [3.05, 3.63) is 36.4 Å². The summed E-state index contributed by atoms with van der Waals surface area (Å²) in [7, 11) is -3.56. The average molecular weight is 352 g/mol. The van der Waals surface area contributed by atoms with Gasteiger partial charge in [-0.15, -0.1) is 10.2 Å². The molecule has 130 valence electrons. The lowest BCUT2D eigenvalue weighted by Gasteiger charge is -2.26. The molecule has 9 heteroatoms. The lowest BCUT2D eigenvalue weighted by Crippen LogP contribution is -2.38. The molecule has 0 N–H and O–H groups in total. The van der Waals surface area contributed by atoms with E-state index >= 15 is 0 Å². The highest BCUT2D eigenvalue weighted by atomic mass is 32.2. The summed E-state index contributed by atoms with van der Waals surface area (Å²) in [5, 5.41) is 7.76. The molecule has 0 radical (unpaired) electrons. The molecule has 3 rings (SSSR count). The van der Waals surface area contributed by atoms with Crippen molar-refractivity contribution in [1.82, 2.24) is 19.1 Å². The van der Waals surface area contributed by atoms with Crippen LogP contribution in [0.3, 0.4) is 0 Å². The van der Waals surface area contributed by atoms with Gasteiger partial charge in [-0.1, -0.05) is 0 Å². The van der Waals surface area contributed by atoms with E-state index in [1.165, 1.54) is 4.31 Å². The van der Waals surface area contributed by atoms with Gasteiger partial charge in [0.1, 0.15) is 24.5 Å². The predicted octanol–water partition coefficient (Wildman–Crippen LogP) is 0.898. The van der Waals surface area contributed by atoms with E-state index in [1.54, 1.807) is 30.6 Å². The van der Waals surface area contributed by atoms with Crippen molar-refractivity contribution in [2.24, 2.45) is 0 Å². The second-order valence-corrected chi connectivity index (χ2v) is 7.23. The first-order chi connectivity index (χ1) is 11.6. The van der Waals surface area contributed by atoms with E-state index in [2.05, 4.69) is 10.2 Å². The van der Waals surface area contributed by atoms with Crippen LogP contribution in [-0.4, -0.2) is 53.9 Å². The van der Waals surface area contributed by atoms with Crippen molar-refractivity contribution in [2.75, 3.05) is 26.4 Å². The molecule has 0 saturated heterocycles. The first-order valence-electron chi connectivity index (χ1n) is 7.78. The molecule has 24 heavy (non-hydrogen) atoms. The standard InChI is InChI=1S/C15H20N4O4S/c1-2-22-9-10-23-13-3-5-14(6-4-13)24(20,21)19-8-7-18-12-16-17-15(18)11-19/h3-6,12H,2,7-11H2,1H3. The number of sulfonamides is 1. The average Bonchev–Trinajstić information content (AvgIpc) is 3.07. The first-order valence-corrected chi connectivity index (χ1v) is 9.22. The van der Waals surface area contributed by atoms with Crippen LogP contribution in [0, 0.1) is 0 Å². The van der Waals surface area contributed by atoms with E-state index in [0.717, 1.165) is 0 Å².